The third kappa shape index (κ3) is 3.50. The lowest BCUT2D eigenvalue weighted by Gasteiger charge is -2.22. The Kier molecular flexibility index (Phi) is 4.74. The van der Waals surface area contributed by atoms with Crippen molar-refractivity contribution in [1.82, 2.24) is 35.4 Å². The van der Waals surface area contributed by atoms with E-state index in [2.05, 4.69) is 42.9 Å². The van der Waals surface area contributed by atoms with E-state index >= 15 is 0 Å². The van der Waals surface area contributed by atoms with Crippen LogP contribution in [-0.2, 0) is 30.7 Å². The molecule has 8 nitrogen and oxygen atoms in total. The Morgan fingerprint density at radius 3 is 3.08 bits per heavy atom. The number of hydrogen-bond donors (Lipinski definition) is 3. The molecule has 3 aromatic rings. The summed E-state index contributed by atoms with van der Waals surface area (Å²) in [5, 5.41) is 14.3. The summed E-state index contributed by atoms with van der Waals surface area (Å²) in [5.41, 5.74) is 3.06. The highest BCUT2D eigenvalue weighted by Crippen LogP contribution is 2.19. The van der Waals surface area contributed by atoms with Gasteiger partial charge in [-0.3, -0.25) is 4.79 Å². The number of nitrogens with one attached hydrogen (secondary N) is 3. The first-order valence-corrected chi connectivity index (χ1v) is 8.75. The smallest absolute Gasteiger partial charge is 0.243 e. The zero-order chi connectivity index (χ0) is 17.8. The molecule has 134 valence electrons. The maximum atomic E-state index is 12.6. The first-order chi connectivity index (χ1) is 12.8. The Balaban J connectivity index is 1.36. The Hall–Kier alpha value is -3.00. The summed E-state index contributed by atoms with van der Waals surface area (Å²) >= 11 is 0. The predicted octanol–water partition coefficient (Wildman–Crippen LogP) is 0.747. The van der Waals surface area contributed by atoms with E-state index in [0.717, 1.165) is 43.1 Å². The number of imidazole rings is 1. The molecule has 3 heterocycles. The molecule has 0 saturated heterocycles. The van der Waals surface area contributed by atoms with Crippen molar-refractivity contribution in [2.75, 3.05) is 6.54 Å². The molecule has 0 saturated carbocycles. The van der Waals surface area contributed by atoms with Crippen LogP contribution < -0.4 is 10.6 Å². The highest BCUT2D eigenvalue weighted by molar-refractivity contribution is 5.83. The fraction of sp³-hybridized carbons (Fsp3) is 0.333. The standard InChI is InChI=1S/C18H21N7O/c26-18(17-16-14(6-8-19-17)21-11-22-16)20-10-15-24-23-12-25(15)9-7-13-4-2-1-3-5-13/h1-5,11-12,17,19H,6-10H2,(H,20,26)(H,21,22)/t17-/m0/s1. The molecule has 4 rings (SSSR count). The molecule has 0 radical (unpaired) electrons. The molecule has 26 heavy (non-hydrogen) atoms. The lowest BCUT2D eigenvalue weighted by molar-refractivity contribution is -0.123. The number of rotatable bonds is 6. The number of carbonyl (C=O) groups excluding carboxylic acids is 1. The number of aryl methyl sites for hydroxylation is 2. The first-order valence-electron chi connectivity index (χ1n) is 8.75. The number of aromatic nitrogens is 5. The second-order valence-electron chi connectivity index (χ2n) is 6.30. The fourth-order valence-corrected chi connectivity index (χ4v) is 3.20. The van der Waals surface area contributed by atoms with Gasteiger partial charge in [0.2, 0.25) is 5.91 Å². The number of aromatic amines is 1. The normalized spacial score (nSPS) is 16.2. The van der Waals surface area contributed by atoms with Gasteiger partial charge in [-0.05, 0) is 12.0 Å². The maximum absolute atomic E-state index is 12.6. The van der Waals surface area contributed by atoms with Crippen LogP contribution in [0, 0.1) is 0 Å². The van der Waals surface area contributed by atoms with Crippen molar-refractivity contribution in [1.29, 1.82) is 0 Å². The molecule has 0 spiro atoms. The van der Waals surface area contributed by atoms with Gasteiger partial charge in [0.25, 0.3) is 0 Å². The molecule has 3 N–H and O–H groups in total. The van der Waals surface area contributed by atoms with Crippen LogP contribution in [0.2, 0.25) is 0 Å². The van der Waals surface area contributed by atoms with E-state index in [-0.39, 0.29) is 5.91 Å². The van der Waals surface area contributed by atoms with E-state index in [9.17, 15) is 4.79 Å². The summed E-state index contributed by atoms with van der Waals surface area (Å²) in [6.45, 7) is 1.86. The van der Waals surface area contributed by atoms with Gasteiger partial charge in [-0.2, -0.15) is 0 Å². The number of fused-ring (bicyclic) bond motifs is 1. The van der Waals surface area contributed by atoms with E-state index in [1.165, 1.54) is 5.56 Å². The van der Waals surface area contributed by atoms with Crippen LogP contribution in [-0.4, -0.2) is 37.2 Å². The molecule has 2 aromatic heterocycles. The summed E-state index contributed by atoms with van der Waals surface area (Å²) in [7, 11) is 0. The number of H-pyrrole nitrogens is 1. The van der Waals surface area contributed by atoms with Gasteiger partial charge in [0, 0.05) is 25.2 Å². The van der Waals surface area contributed by atoms with Crippen LogP contribution in [0.15, 0.2) is 43.0 Å². The second-order valence-corrected chi connectivity index (χ2v) is 6.30. The average Bonchev–Trinajstić information content (AvgIpc) is 3.34. The summed E-state index contributed by atoms with van der Waals surface area (Å²) < 4.78 is 1.97. The maximum Gasteiger partial charge on any atom is 0.243 e. The Bertz CT molecular complexity index is 871. The average molecular weight is 351 g/mol. The lowest BCUT2D eigenvalue weighted by Crippen LogP contribution is -2.41. The minimum atomic E-state index is -0.425. The van der Waals surface area contributed by atoms with Gasteiger partial charge in [-0.1, -0.05) is 30.3 Å². The van der Waals surface area contributed by atoms with Gasteiger partial charge in [-0.15, -0.1) is 10.2 Å². The predicted molar refractivity (Wildman–Crippen MR) is 95.1 cm³/mol. The van der Waals surface area contributed by atoms with Crippen LogP contribution in [0.1, 0.15) is 28.8 Å². The number of amides is 1. The molecule has 0 aliphatic carbocycles. The van der Waals surface area contributed by atoms with Gasteiger partial charge in [0.15, 0.2) is 5.82 Å². The van der Waals surface area contributed by atoms with Crippen molar-refractivity contribution in [2.45, 2.75) is 32.0 Å². The minimum absolute atomic E-state index is 0.101. The van der Waals surface area contributed by atoms with Crippen LogP contribution in [0.4, 0.5) is 0 Å². The van der Waals surface area contributed by atoms with E-state index in [1.54, 1.807) is 12.7 Å². The van der Waals surface area contributed by atoms with E-state index in [0.29, 0.717) is 6.54 Å². The highest BCUT2D eigenvalue weighted by Gasteiger charge is 2.28. The fourth-order valence-electron chi connectivity index (χ4n) is 3.20. The quantitative estimate of drug-likeness (QED) is 0.608. The van der Waals surface area contributed by atoms with E-state index in [1.807, 2.05) is 22.8 Å². The van der Waals surface area contributed by atoms with E-state index < -0.39 is 6.04 Å². The summed E-state index contributed by atoms with van der Waals surface area (Å²) in [4.78, 5) is 19.9. The molecule has 1 aliphatic heterocycles. The van der Waals surface area contributed by atoms with Crippen LogP contribution in [0.3, 0.4) is 0 Å². The summed E-state index contributed by atoms with van der Waals surface area (Å²) in [6, 6.07) is 9.84. The SMILES string of the molecule is O=C(NCc1nncn1CCc1ccccc1)[C@H]1NCCc2[nH]cnc21. The van der Waals surface area contributed by atoms with Gasteiger partial charge in [0.1, 0.15) is 12.4 Å². The third-order valence-corrected chi connectivity index (χ3v) is 4.61. The van der Waals surface area contributed by atoms with E-state index in [4.69, 9.17) is 0 Å². The first kappa shape index (κ1) is 16.5. The second kappa shape index (κ2) is 7.49. The van der Waals surface area contributed by atoms with Crippen LogP contribution >= 0.6 is 0 Å². The van der Waals surface area contributed by atoms with Gasteiger partial charge >= 0.3 is 0 Å². The van der Waals surface area contributed by atoms with Crippen molar-refractivity contribution in [3.8, 4) is 0 Å². The number of carbonyl (C=O) groups is 1. The largest absolute Gasteiger partial charge is 0.348 e. The summed E-state index contributed by atoms with van der Waals surface area (Å²) in [5.74, 6) is 0.642. The molecule has 0 fully saturated rings. The van der Waals surface area contributed by atoms with Gasteiger partial charge in [0.05, 0.1) is 18.6 Å². The zero-order valence-electron chi connectivity index (χ0n) is 14.4. The third-order valence-electron chi connectivity index (χ3n) is 4.61. The van der Waals surface area contributed by atoms with Crippen LogP contribution in [0.25, 0.3) is 0 Å². The minimum Gasteiger partial charge on any atom is -0.348 e. The highest BCUT2D eigenvalue weighted by atomic mass is 16.2. The number of benzene rings is 1. The monoisotopic (exact) mass is 351 g/mol. The molecular formula is C18H21N7O. The lowest BCUT2D eigenvalue weighted by atomic mass is 10.1. The molecule has 1 aromatic carbocycles. The van der Waals surface area contributed by atoms with Crippen molar-refractivity contribution in [2.24, 2.45) is 0 Å². The molecule has 1 aliphatic rings. The topological polar surface area (TPSA) is 101 Å². The van der Waals surface area contributed by atoms with Crippen molar-refractivity contribution >= 4 is 5.91 Å². The van der Waals surface area contributed by atoms with Crippen molar-refractivity contribution in [3.63, 3.8) is 0 Å². The molecule has 0 unspecified atom stereocenters. The van der Waals surface area contributed by atoms with Gasteiger partial charge < -0.3 is 20.2 Å². The molecule has 1 amide bonds. The zero-order valence-corrected chi connectivity index (χ0v) is 14.4. The number of nitrogens with zero attached hydrogens (tertiary/aromatic N) is 4. The molecule has 8 heteroatoms. The number of hydrogen-bond acceptors (Lipinski definition) is 5. The Labute approximate surface area is 151 Å². The van der Waals surface area contributed by atoms with Crippen LogP contribution in [0.5, 0.6) is 0 Å². The van der Waals surface area contributed by atoms with Crippen molar-refractivity contribution < 1.29 is 4.79 Å². The Morgan fingerprint density at radius 1 is 1.31 bits per heavy atom. The summed E-state index contributed by atoms with van der Waals surface area (Å²) in [6.07, 6.45) is 5.08. The molecular weight excluding hydrogens is 330 g/mol. The Morgan fingerprint density at radius 2 is 2.19 bits per heavy atom. The molecule has 1 atom stereocenters. The van der Waals surface area contributed by atoms with Gasteiger partial charge in [-0.25, -0.2) is 4.98 Å². The molecule has 0 bridgehead atoms. The van der Waals surface area contributed by atoms with Crippen molar-refractivity contribution in [3.05, 3.63) is 65.8 Å².